The largest absolute Gasteiger partial charge is 0.356 e. The van der Waals surface area contributed by atoms with E-state index in [1.165, 1.54) is 11.1 Å². The maximum Gasteiger partial charge on any atom is 0.220 e. The molecule has 0 aliphatic heterocycles. The minimum atomic E-state index is 0.00160. The Hall–Kier alpha value is -4.46. The van der Waals surface area contributed by atoms with Gasteiger partial charge in [-0.15, -0.1) is 0 Å². The number of carbonyl (C=O) groups is 2. The predicted octanol–water partition coefficient (Wildman–Crippen LogP) is 5.66. The Labute approximate surface area is 248 Å². The summed E-state index contributed by atoms with van der Waals surface area (Å²) in [5.41, 5.74) is 7.10. The van der Waals surface area contributed by atoms with Crippen LogP contribution in [0.15, 0.2) is 79.4 Å². The molecule has 4 rings (SSSR count). The number of nitrogens with one attached hydrogen (secondary N) is 2. The number of carbonyl (C=O) groups excluding carboxylic acids is 2. The highest BCUT2D eigenvalue weighted by Gasteiger charge is 2.07. The molecular formula is C34H40N6O2. The van der Waals surface area contributed by atoms with E-state index in [0.717, 1.165) is 66.9 Å². The number of nitrogens with zero attached hydrogens (tertiary/aromatic N) is 4. The van der Waals surface area contributed by atoms with Crippen LogP contribution in [-0.2, 0) is 22.4 Å². The highest BCUT2D eigenvalue weighted by molar-refractivity contribution is 5.78. The van der Waals surface area contributed by atoms with Crippen molar-refractivity contribution in [1.29, 1.82) is 0 Å². The van der Waals surface area contributed by atoms with Gasteiger partial charge in [0.1, 0.15) is 0 Å². The predicted molar refractivity (Wildman–Crippen MR) is 165 cm³/mol. The number of hydrogen-bond acceptors (Lipinski definition) is 6. The second kappa shape index (κ2) is 16.7. The molecule has 0 fully saturated rings. The van der Waals surface area contributed by atoms with Crippen LogP contribution in [0.25, 0.3) is 22.8 Å². The first-order valence-corrected chi connectivity index (χ1v) is 14.8. The number of amides is 2. The monoisotopic (exact) mass is 564 g/mol. The molecule has 8 heteroatoms. The van der Waals surface area contributed by atoms with Crippen molar-refractivity contribution in [1.82, 2.24) is 30.6 Å². The summed E-state index contributed by atoms with van der Waals surface area (Å²) >= 11 is 0. The van der Waals surface area contributed by atoms with E-state index in [2.05, 4.69) is 42.7 Å². The van der Waals surface area contributed by atoms with Gasteiger partial charge in [-0.1, -0.05) is 6.07 Å². The van der Waals surface area contributed by atoms with E-state index >= 15 is 0 Å². The van der Waals surface area contributed by atoms with Crippen LogP contribution in [0.2, 0.25) is 0 Å². The average Bonchev–Trinajstić information content (AvgIpc) is 3.01. The van der Waals surface area contributed by atoms with Crippen molar-refractivity contribution < 1.29 is 9.59 Å². The van der Waals surface area contributed by atoms with E-state index < -0.39 is 0 Å². The molecule has 8 nitrogen and oxygen atoms in total. The Morgan fingerprint density at radius 1 is 0.571 bits per heavy atom. The van der Waals surface area contributed by atoms with Gasteiger partial charge in [0.15, 0.2) is 0 Å². The van der Waals surface area contributed by atoms with Crippen LogP contribution >= 0.6 is 0 Å². The summed E-state index contributed by atoms with van der Waals surface area (Å²) in [5, 5.41) is 5.95. The molecule has 4 aromatic rings. The Balaban J connectivity index is 1.01. The summed E-state index contributed by atoms with van der Waals surface area (Å²) in [5.74, 6) is 0.00340. The lowest BCUT2D eigenvalue weighted by molar-refractivity contribution is -0.122. The lowest BCUT2D eigenvalue weighted by Gasteiger charge is -2.08. The molecule has 0 spiro atoms. The van der Waals surface area contributed by atoms with Crippen molar-refractivity contribution in [2.45, 2.75) is 64.7 Å². The standard InChI is InChI=1S/C34H40N6O2/c1-26-14-20-36-30(23-26)32-25-28(16-22-38-32)10-3-6-19-40-34(42)13-8-12-33(41)39-18-5-2-9-27-15-21-37-31(24-27)29-11-4-7-17-35-29/h4,7,11,14-17,20-25H,2-3,5-6,8-10,12-13,18-19H2,1H3,(H,39,41)(H,40,42). The van der Waals surface area contributed by atoms with Crippen molar-refractivity contribution in [3.8, 4) is 22.8 Å². The van der Waals surface area contributed by atoms with Crippen LogP contribution in [0.5, 0.6) is 0 Å². The second-order valence-corrected chi connectivity index (χ2v) is 10.5. The van der Waals surface area contributed by atoms with Gasteiger partial charge >= 0.3 is 0 Å². The van der Waals surface area contributed by atoms with Gasteiger partial charge in [0.2, 0.25) is 11.8 Å². The molecular weight excluding hydrogens is 524 g/mol. The van der Waals surface area contributed by atoms with E-state index in [4.69, 9.17) is 0 Å². The summed E-state index contributed by atoms with van der Waals surface area (Å²) in [6.07, 6.45) is 14.1. The molecule has 0 aromatic carbocycles. The van der Waals surface area contributed by atoms with Crippen LogP contribution in [0, 0.1) is 6.92 Å². The molecule has 0 bridgehead atoms. The van der Waals surface area contributed by atoms with Crippen molar-refractivity contribution in [2.24, 2.45) is 0 Å². The number of rotatable bonds is 16. The molecule has 4 heterocycles. The molecule has 2 N–H and O–H groups in total. The molecule has 0 unspecified atom stereocenters. The first-order chi connectivity index (χ1) is 20.6. The fourth-order valence-corrected chi connectivity index (χ4v) is 4.68. The van der Waals surface area contributed by atoms with Gasteiger partial charge in [-0.25, -0.2) is 0 Å². The summed E-state index contributed by atoms with van der Waals surface area (Å²) in [7, 11) is 0. The Morgan fingerprint density at radius 3 is 1.64 bits per heavy atom. The van der Waals surface area contributed by atoms with E-state index in [0.29, 0.717) is 32.4 Å². The van der Waals surface area contributed by atoms with E-state index in [1.54, 1.807) is 12.4 Å². The smallest absolute Gasteiger partial charge is 0.220 e. The summed E-state index contributed by atoms with van der Waals surface area (Å²) in [4.78, 5) is 42.0. The lowest BCUT2D eigenvalue weighted by atomic mass is 10.1. The van der Waals surface area contributed by atoms with E-state index in [-0.39, 0.29) is 11.8 Å². The summed E-state index contributed by atoms with van der Waals surface area (Å²) in [6, 6.07) is 18.0. The van der Waals surface area contributed by atoms with Gasteiger partial charge < -0.3 is 10.6 Å². The Bertz CT molecular complexity index is 1430. The average molecular weight is 565 g/mol. The molecule has 0 aliphatic rings. The molecule has 0 atom stereocenters. The fraction of sp³-hybridized carbons (Fsp3) is 0.353. The van der Waals surface area contributed by atoms with E-state index in [9.17, 15) is 9.59 Å². The van der Waals surface area contributed by atoms with Crippen LogP contribution < -0.4 is 10.6 Å². The minimum absolute atomic E-state index is 0.00160. The summed E-state index contributed by atoms with van der Waals surface area (Å²) < 4.78 is 0. The third-order valence-electron chi connectivity index (χ3n) is 6.99. The molecule has 42 heavy (non-hydrogen) atoms. The van der Waals surface area contributed by atoms with Gasteiger partial charge in [0.25, 0.3) is 0 Å². The molecule has 4 aromatic heterocycles. The first-order valence-electron chi connectivity index (χ1n) is 14.8. The zero-order chi connectivity index (χ0) is 29.4. The highest BCUT2D eigenvalue weighted by atomic mass is 16.2. The molecule has 0 aliphatic carbocycles. The normalized spacial score (nSPS) is 10.8. The lowest BCUT2D eigenvalue weighted by Crippen LogP contribution is -2.26. The molecule has 2 amide bonds. The minimum Gasteiger partial charge on any atom is -0.356 e. The topological polar surface area (TPSA) is 110 Å². The third-order valence-corrected chi connectivity index (χ3v) is 6.99. The Morgan fingerprint density at radius 2 is 1.10 bits per heavy atom. The number of aryl methyl sites for hydroxylation is 3. The van der Waals surface area contributed by atoms with Crippen molar-refractivity contribution in [2.75, 3.05) is 13.1 Å². The number of unbranched alkanes of at least 4 members (excludes halogenated alkanes) is 2. The third kappa shape index (κ3) is 10.5. The maximum atomic E-state index is 12.2. The van der Waals surface area contributed by atoms with Gasteiger partial charge in [0, 0.05) is 50.7 Å². The van der Waals surface area contributed by atoms with Gasteiger partial charge in [-0.05, 0) is 117 Å². The highest BCUT2D eigenvalue weighted by Crippen LogP contribution is 2.18. The number of hydrogen-bond donors (Lipinski definition) is 2. The molecule has 0 saturated carbocycles. The molecule has 0 saturated heterocycles. The van der Waals surface area contributed by atoms with Crippen LogP contribution in [0.3, 0.4) is 0 Å². The van der Waals surface area contributed by atoms with Crippen molar-refractivity contribution in [3.05, 3.63) is 96.1 Å². The van der Waals surface area contributed by atoms with Gasteiger partial charge in [-0.3, -0.25) is 29.5 Å². The maximum absolute atomic E-state index is 12.2. The quantitative estimate of drug-likeness (QED) is 0.170. The van der Waals surface area contributed by atoms with Crippen LogP contribution in [0.4, 0.5) is 0 Å². The van der Waals surface area contributed by atoms with Crippen molar-refractivity contribution in [3.63, 3.8) is 0 Å². The Kier molecular flexibility index (Phi) is 12.1. The van der Waals surface area contributed by atoms with Crippen LogP contribution in [-0.4, -0.2) is 44.8 Å². The second-order valence-electron chi connectivity index (χ2n) is 10.5. The first kappa shape index (κ1) is 30.5. The molecule has 218 valence electrons. The molecule has 0 radical (unpaired) electrons. The fourth-order valence-electron chi connectivity index (χ4n) is 4.68. The van der Waals surface area contributed by atoms with Gasteiger partial charge in [0.05, 0.1) is 22.8 Å². The zero-order valence-corrected chi connectivity index (χ0v) is 24.4. The van der Waals surface area contributed by atoms with Crippen LogP contribution in [0.1, 0.15) is 61.6 Å². The van der Waals surface area contributed by atoms with E-state index in [1.807, 2.05) is 61.8 Å². The summed E-state index contributed by atoms with van der Waals surface area (Å²) in [6.45, 7) is 3.33. The number of aromatic nitrogens is 4. The zero-order valence-electron chi connectivity index (χ0n) is 24.4. The van der Waals surface area contributed by atoms with Crippen molar-refractivity contribution >= 4 is 11.8 Å². The SMILES string of the molecule is Cc1ccnc(-c2cc(CCCCNC(=O)CCCC(=O)NCCCCc3ccnc(-c4ccccn4)c3)ccn2)c1. The number of pyridine rings is 4. The van der Waals surface area contributed by atoms with Gasteiger partial charge in [-0.2, -0.15) is 0 Å².